The van der Waals surface area contributed by atoms with Crippen molar-refractivity contribution < 1.29 is 9.90 Å². The molecule has 0 bridgehead atoms. The summed E-state index contributed by atoms with van der Waals surface area (Å²) in [4.78, 5) is 15.0. The molecule has 0 aromatic carbocycles. The Morgan fingerprint density at radius 2 is 2.29 bits per heavy atom. The van der Waals surface area contributed by atoms with Crippen molar-refractivity contribution in [2.45, 2.75) is 12.8 Å². The minimum Gasteiger partial charge on any atom is -0.478 e. The zero-order chi connectivity index (χ0) is 12.1. The van der Waals surface area contributed by atoms with Gasteiger partial charge in [-0.3, -0.25) is 4.98 Å². The van der Waals surface area contributed by atoms with Gasteiger partial charge in [0.2, 0.25) is 0 Å². The number of anilines is 1. The van der Waals surface area contributed by atoms with E-state index in [1.807, 2.05) is 11.8 Å². The van der Waals surface area contributed by atoms with Crippen LogP contribution in [-0.2, 0) is 0 Å². The van der Waals surface area contributed by atoms with E-state index in [2.05, 4.69) is 10.3 Å². The fourth-order valence-corrected chi connectivity index (χ4v) is 3.13. The Morgan fingerprint density at radius 1 is 1.53 bits per heavy atom. The number of aromatic carboxylic acids is 1. The summed E-state index contributed by atoms with van der Waals surface area (Å²) in [5.74, 6) is 2.17. The maximum atomic E-state index is 11.0. The molecule has 5 heteroatoms. The van der Waals surface area contributed by atoms with Crippen molar-refractivity contribution in [1.82, 2.24) is 4.98 Å². The Bertz CT molecular complexity index is 392. The monoisotopic (exact) mass is 252 g/mol. The summed E-state index contributed by atoms with van der Waals surface area (Å²) < 4.78 is 0. The van der Waals surface area contributed by atoms with Crippen LogP contribution in [0.15, 0.2) is 18.5 Å². The molecule has 1 aromatic heterocycles. The van der Waals surface area contributed by atoms with Crippen LogP contribution >= 0.6 is 11.8 Å². The first-order valence-electron chi connectivity index (χ1n) is 5.76. The predicted molar refractivity (Wildman–Crippen MR) is 69.7 cm³/mol. The summed E-state index contributed by atoms with van der Waals surface area (Å²) in [6, 6.07) is 1.53. The van der Waals surface area contributed by atoms with Crippen LogP contribution in [-0.4, -0.2) is 34.1 Å². The van der Waals surface area contributed by atoms with Gasteiger partial charge in [0.1, 0.15) is 0 Å². The molecule has 1 fully saturated rings. The summed E-state index contributed by atoms with van der Waals surface area (Å²) in [6.07, 6.45) is 5.51. The molecule has 0 spiro atoms. The van der Waals surface area contributed by atoms with Crippen LogP contribution in [0.1, 0.15) is 23.2 Å². The molecule has 0 unspecified atom stereocenters. The van der Waals surface area contributed by atoms with E-state index in [-0.39, 0.29) is 0 Å². The smallest absolute Gasteiger partial charge is 0.337 e. The number of aromatic nitrogens is 1. The first-order chi connectivity index (χ1) is 8.27. The third kappa shape index (κ3) is 3.36. The van der Waals surface area contributed by atoms with Gasteiger partial charge in [-0.15, -0.1) is 0 Å². The number of nitrogens with one attached hydrogen (secondary N) is 1. The number of hydrogen-bond donors (Lipinski definition) is 2. The molecular weight excluding hydrogens is 236 g/mol. The molecule has 1 aromatic rings. The molecule has 0 amide bonds. The van der Waals surface area contributed by atoms with Crippen LogP contribution in [0.25, 0.3) is 0 Å². The molecule has 1 aliphatic rings. The molecular formula is C12H16N2O2S. The lowest BCUT2D eigenvalue weighted by Crippen LogP contribution is -2.20. The summed E-state index contributed by atoms with van der Waals surface area (Å²) in [7, 11) is 0. The van der Waals surface area contributed by atoms with Crippen molar-refractivity contribution in [1.29, 1.82) is 0 Å². The first kappa shape index (κ1) is 12.2. The van der Waals surface area contributed by atoms with Gasteiger partial charge in [-0.1, -0.05) is 0 Å². The summed E-state index contributed by atoms with van der Waals surface area (Å²) in [5.41, 5.74) is 0.920. The van der Waals surface area contributed by atoms with E-state index in [4.69, 9.17) is 5.11 Å². The van der Waals surface area contributed by atoms with Crippen molar-refractivity contribution in [2.75, 3.05) is 23.4 Å². The largest absolute Gasteiger partial charge is 0.478 e. The molecule has 17 heavy (non-hydrogen) atoms. The van der Waals surface area contributed by atoms with Gasteiger partial charge in [0.15, 0.2) is 0 Å². The number of hydrogen-bond acceptors (Lipinski definition) is 4. The van der Waals surface area contributed by atoms with Crippen molar-refractivity contribution in [3.05, 3.63) is 24.0 Å². The van der Waals surface area contributed by atoms with Crippen LogP contribution in [0.2, 0.25) is 0 Å². The number of thioether (sulfide) groups is 1. The van der Waals surface area contributed by atoms with Crippen molar-refractivity contribution in [3.8, 4) is 0 Å². The van der Waals surface area contributed by atoms with E-state index in [1.54, 1.807) is 6.20 Å². The fourth-order valence-electron chi connectivity index (χ4n) is 1.93. The normalized spacial score (nSPS) is 16.7. The Labute approximate surface area is 105 Å². The van der Waals surface area contributed by atoms with Crippen molar-refractivity contribution in [3.63, 3.8) is 0 Å². The Hall–Kier alpha value is -1.23. The zero-order valence-corrected chi connectivity index (χ0v) is 10.4. The highest BCUT2D eigenvalue weighted by molar-refractivity contribution is 7.99. The number of carboxylic acids is 1. The van der Waals surface area contributed by atoms with Gasteiger partial charge in [0.25, 0.3) is 0 Å². The van der Waals surface area contributed by atoms with Gasteiger partial charge in [-0.25, -0.2) is 4.79 Å². The molecule has 2 heterocycles. The number of carboxylic acid groups (broad SMARTS) is 1. The second-order valence-electron chi connectivity index (χ2n) is 4.16. The van der Waals surface area contributed by atoms with Crippen molar-refractivity contribution >= 4 is 23.4 Å². The Balaban J connectivity index is 1.96. The number of carbonyl (C=O) groups is 1. The highest BCUT2D eigenvalue weighted by Gasteiger charge is 2.15. The lowest BCUT2D eigenvalue weighted by Gasteiger charge is -2.22. The van der Waals surface area contributed by atoms with E-state index in [0.717, 1.165) is 6.54 Å². The van der Waals surface area contributed by atoms with Crippen LogP contribution in [0, 0.1) is 5.92 Å². The second kappa shape index (κ2) is 5.91. The maximum absolute atomic E-state index is 11.0. The predicted octanol–water partition coefficient (Wildman–Crippen LogP) is 2.33. The number of pyridine rings is 1. The Kier molecular flexibility index (Phi) is 4.25. The highest BCUT2D eigenvalue weighted by atomic mass is 32.2. The van der Waals surface area contributed by atoms with Crippen LogP contribution in [0.5, 0.6) is 0 Å². The van der Waals surface area contributed by atoms with E-state index in [0.29, 0.717) is 17.2 Å². The molecule has 1 saturated heterocycles. The van der Waals surface area contributed by atoms with Crippen LogP contribution in [0.4, 0.5) is 5.69 Å². The SMILES string of the molecule is O=C(O)c1ccncc1NCC1CCSCC1. The first-order valence-corrected chi connectivity index (χ1v) is 6.92. The highest BCUT2D eigenvalue weighted by Crippen LogP contribution is 2.23. The van der Waals surface area contributed by atoms with Gasteiger partial charge >= 0.3 is 5.97 Å². The standard InChI is InChI=1S/C12H16N2O2S/c15-12(16)10-1-4-13-8-11(10)14-7-9-2-5-17-6-3-9/h1,4,8-9,14H,2-3,5-7H2,(H,15,16). The van der Waals surface area contributed by atoms with E-state index < -0.39 is 5.97 Å². The molecule has 2 rings (SSSR count). The summed E-state index contributed by atoms with van der Waals surface area (Å²) in [5, 5.41) is 12.2. The molecule has 0 radical (unpaired) electrons. The minimum absolute atomic E-state index is 0.296. The molecule has 0 atom stereocenters. The lowest BCUT2D eigenvalue weighted by atomic mass is 10.0. The molecule has 0 aliphatic carbocycles. The van der Waals surface area contributed by atoms with E-state index in [9.17, 15) is 4.79 Å². The molecule has 4 nitrogen and oxygen atoms in total. The van der Waals surface area contributed by atoms with Gasteiger partial charge in [0.05, 0.1) is 17.4 Å². The molecule has 1 aliphatic heterocycles. The zero-order valence-electron chi connectivity index (χ0n) is 9.56. The molecule has 2 N–H and O–H groups in total. The van der Waals surface area contributed by atoms with Gasteiger partial charge < -0.3 is 10.4 Å². The van der Waals surface area contributed by atoms with Crippen molar-refractivity contribution in [2.24, 2.45) is 5.92 Å². The topological polar surface area (TPSA) is 62.2 Å². The number of rotatable bonds is 4. The third-order valence-electron chi connectivity index (χ3n) is 2.97. The average molecular weight is 252 g/mol. The van der Waals surface area contributed by atoms with E-state index >= 15 is 0 Å². The van der Waals surface area contributed by atoms with Crippen LogP contribution in [0.3, 0.4) is 0 Å². The maximum Gasteiger partial charge on any atom is 0.337 e. The van der Waals surface area contributed by atoms with Crippen LogP contribution < -0.4 is 5.32 Å². The molecule has 92 valence electrons. The summed E-state index contributed by atoms with van der Waals surface area (Å²) in [6.45, 7) is 0.840. The van der Waals surface area contributed by atoms with Gasteiger partial charge in [-0.2, -0.15) is 11.8 Å². The van der Waals surface area contributed by atoms with Gasteiger partial charge in [0, 0.05) is 12.7 Å². The Morgan fingerprint density at radius 3 is 3.00 bits per heavy atom. The average Bonchev–Trinajstić information content (AvgIpc) is 2.38. The fraction of sp³-hybridized carbons (Fsp3) is 0.500. The third-order valence-corrected chi connectivity index (χ3v) is 4.02. The van der Waals surface area contributed by atoms with E-state index in [1.165, 1.54) is 36.6 Å². The summed E-state index contributed by atoms with van der Waals surface area (Å²) >= 11 is 1.99. The molecule has 0 saturated carbocycles. The quantitative estimate of drug-likeness (QED) is 0.861. The lowest BCUT2D eigenvalue weighted by molar-refractivity contribution is 0.0698. The van der Waals surface area contributed by atoms with Gasteiger partial charge in [-0.05, 0) is 36.3 Å². The number of nitrogens with zero attached hydrogens (tertiary/aromatic N) is 1. The minimum atomic E-state index is -0.908. The second-order valence-corrected chi connectivity index (χ2v) is 5.39.